The summed E-state index contributed by atoms with van der Waals surface area (Å²) in [5.74, 6) is 0. The Morgan fingerprint density at radius 3 is 2.33 bits per heavy atom. The first-order chi connectivity index (χ1) is 2.41. The van der Waals surface area contributed by atoms with Crippen LogP contribution >= 0.6 is 11.9 Å². The third-order valence-electron chi connectivity index (χ3n) is 0.0674. The van der Waals surface area contributed by atoms with Gasteiger partial charge in [-0.3, -0.25) is 0 Å². The van der Waals surface area contributed by atoms with Crippen molar-refractivity contribution >= 4 is 11.9 Å². The van der Waals surface area contributed by atoms with Crippen LogP contribution in [0.15, 0.2) is 5.28 Å². The van der Waals surface area contributed by atoms with E-state index < -0.39 is 0 Å². The first kappa shape index (κ1) is 9.46. The molecule has 0 unspecified atom stereocenters. The smallest absolute Gasteiger partial charge is 0.144 e. The van der Waals surface area contributed by atoms with Crippen LogP contribution in [0.1, 0.15) is 0 Å². The molecule has 0 aliphatic carbocycles. The van der Waals surface area contributed by atoms with E-state index in [1.807, 2.05) is 0 Å². The summed E-state index contributed by atoms with van der Waals surface area (Å²) in [4.78, 5) is 2.12. The summed E-state index contributed by atoms with van der Waals surface area (Å²) in [6.07, 6.45) is 0. The summed E-state index contributed by atoms with van der Waals surface area (Å²) in [6.45, 7) is 0. The molecule has 0 heterocycles. The molecule has 0 atom stereocenters. The first-order valence-corrected chi connectivity index (χ1v) is 1.05. The van der Waals surface area contributed by atoms with Gasteiger partial charge in [0.05, 0.1) is 0 Å². The van der Waals surface area contributed by atoms with Gasteiger partial charge < -0.3 is 4.39 Å². The van der Waals surface area contributed by atoms with Crippen molar-refractivity contribution in [2.24, 2.45) is 5.28 Å². The van der Waals surface area contributed by atoms with Gasteiger partial charge in [-0.1, -0.05) is 0 Å². The third-order valence-corrected chi connectivity index (χ3v) is 0.129. The van der Waals surface area contributed by atoms with Crippen molar-refractivity contribution in [3.05, 3.63) is 10.4 Å². The quantitative estimate of drug-likeness (QED) is 0.201. The largest absolute Gasteiger partial charge is 0.313 e. The zero-order chi connectivity index (χ0) is 4.12. The van der Waals surface area contributed by atoms with Gasteiger partial charge in [0.2, 0.25) is 0 Å². The van der Waals surface area contributed by atoms with E-state index in [0.717, 1.165) is 0 Å². The third kappa shape index (κ3) is 8.91. The second-order valence-electron chi connectivity index (χ2n) is 0.240. The molecule has 0 amide bonds. The van der Waals surface area contributed by atoms with E-state index in [2.05, 4.69) is 26.4 Å². The zero-order valence-electron chi connectivity index (χ0n) is 2.58. The van der Waals surface area contributed by atoms with E-state index >= 15 is 0 Å². The Morgan fingerprint density at radius 1 is 1.83 bits per heavy atom. The van der Waals surface area contributed by atoms with Crippen molar-refractivity contribution in [1.82, 2.24) is 0 Å². The van der Waals surface area contributed by atoms with Crippen LogP contribution in [-0.4, -0.2) is 0 Å². The van der Waals surface area contributed by atoms with E-state index in [9.17, 15) is 0 Å². The number of hydrogen-bond acceptors (Lipinski definition) is 2. The molecule has 0 rings (SSSR count). The monoisotopic (exact) mass is 186 g/mol. The Labute approximate surface area is 54.7 Å². The van der Waals surface area contributed by atoms with Crippen LogP contribution in [-0.2, 0) is 26.8 Å². The van der Waals surface area contributed by atoms with Gasteiger partial charge in [0, 0.05) is 27.3 Å². The minimum absolute atomic E-state index is 0. The number of azide groups is 1. The van der Waals surface area contributed by atoms with Crippen LogP contribution < -0.4 is 0 Å². The SMILES string of the molecule is [N-]=[N+]=NOCl.[Nb]. The maximum atomic E-state index is 7.32. The number of nitrogens with zero attached hydrogens (tertiary/aromatic N) is 3. The maximum absolute atomic E-state index is 7.32. The van der Waals surface area contributed by atoms with Crippen molar-refractivity contribution < 1.29 is 26.8 Å². The zero-order valence-corrected chi connectivity index (χ0v) is 5.53. The van der Waals surface area contributed by atoms with Crippen molar-refractivity contribution in [2.45, 2.75) is 0 Å². The van der Waals surface area contributed by atoms with Crippen LogP contribution in [0.4, 0.5) is 0 Å². The molecule has 0 aromatic carbocycles. The van der Waals surface area contributed by atoms with Crippen LogP contribution in [0, 0.1) is 0 Å². The van der Waals surface area contributed by atoms with E-state index in [4.69, 9.17) is 5.53 Å². The summed E-state index contributed by atoms with van der Waals surface area (Å²) in [5.41, 5.74) is 7.32. The summed E-state index contributed by atoms with van der Waals surface area (Å²) >= 11 is 4.38. The predicted molar refractivity (Wildman–Crippen MR) is 16.1 cm³/mol. The molecule has 0 aliphatic heterocycles. The van der Waals surface area contributed by atoms with Crippen LogP contribution in [0.25, 0.3) is 10.4 Å². The van der Waals surface area contributed by atoms with Gasteiger partial charge in [0.15, 0.2) is 0 Å². The van der Waals surface area contributed by atoms with Crippen molar-refractivity contribution in [1.29, 1.82) is 0 Å². The predicted octanol–water partition coefficient (Wildman–Crippen LogP) is 1.38. The Hall–Kier alpha value is 0.140. The summed E-state index contributed by atoms with van der Waals surface area (Å²) in [7, 11) is 0. The second kappa shape index (κ2) is 8.94. The molecule has 6 heavy (non-hydrogen) atoms. The molecule has 0 aromatic rings. The molecule has 0 N–H and O–H groups in total. The standard InChI is InChI=1S/ClN3O.Nb/c1-5-4-3-2;. The second-order valence-corrected chi connectivity index (χ2v) is 0.378. The first-order valence-electron chi connectivity index (χ1n) is 0.737. The fraction of sp³-hybridized carbons (Fsp3) is 0. The minimum Gasteiger partial charge on any atom is -0.313 e. The van der Waals surface area contributed by atoms with Crippen molar-refractivity contribution in [2.75, 3.05) is 0 Å². The Bertz CT molecular complexity index is 57.8. The summed E-state index contributed by atoms with van der Waals surface area (Å²) < 4.78 is 3.37. The molecule has 0 aliphatic rings. The van der Waals surface area contributed by atoms with Crippen LogP contribution in [0.5, 0.6) is 0 Å². The van der Waals surface area contributed by atoms with Crippen molar-refractivity contribution in [3.8, 4) is 0 Å². The van der Waals surface area contributed by atoms with E-state index in [1.54, 1.807) is 0 Å². The van der Waals surface area contributed by atoms with Crippen molar-refractivity contribution in [3.63, 3.8) is 0 Å². The molecule has 33 valence electrons. The van der Waals surface area contributed by atoms with Gasteiger partial charge in [-0.2, -0.15) is 0 Å². The molecule has 0 saturated heterocycles. The Kier molecular flexibility index (Phi) is 14.1. The van der Waals surface area contributed by atoms with E-state index in [1.165, 1.54) is 0 Å². The molecule has 0 fully saturated rings. The van der Waals surface area contributed by atoms with E-state index in [-0.39, 0.29) is 22.4 Å². The Balaban J connectivity index is 0. The van der Waals surface area contributed by atoms with Gasteiger partial charge in [-0.15, -0.1) is 0 Å². The van der Waals surface area contributed by atoms with Gasteiger partial charge in [-0.05, 0) is 5.53 Å². The van der Waals surface area contributed by atoms with Gasteiger partial charge in [-0.25, -0.2) is 0 Å². The molecular weight excluding hydrogens is 186 g/mol. The van der Waals surface area contributed by atoms with Gasteiger partial charge in [0.1, 0.15) is 17.1 Å². The van der Waals surface area contributed by atoms with E-state index in [0.29, 0.717) is 0 Å². The van der Waals surface area contributed by atoms with Gasteiger partial charge >= 0.3 is 0 Å². The van der Waals surface area contributed by atoms with Gasteiger partial charge in [0.25, 0.3) is 0 Å². The fourth-order valence-corrected chi connectivity index (χ4v) is 0.0414. The molecule has 0 bridgehead atoms. The fourth-order valence-electron chi connectivity index (χ4n) is 0.0138. The topological polar surface area (TPSA) is 58.0 Å². The molecule has 0 saturated carbocycles. The Morgan fingerprint density at radius 2 is 2.33 bits per heavy atom. The average molecular weight is 186 g/mol. The van der Waals surface area contributed by atoms with Crippen LogP contribution in [0.3, 0.4) is 0 Å². The number of hydrogen-bond donors (Lipinski definition) is 0. The number of halogens is 1. The molecule has 0 spiro atoms. The molecule has 1 radical (unpaired) electrons. The molecule has 4 nitrogen and oxygen atoms in total. The number of rotatable bonds is 1. The normalized spacial score (nSPS) is 4.17. The maximum Gasteiger partial charge on any atom is 0.144 e. The molecule has 6 heteroatoms. The summed E-state index contributed by atoms with van der Waals surface area (Å²) in [5, 5.41) is 2.42. The van der Waals surface area contributed by atoms with Crippen LogP contribution in [0.2, 0.25) is 0 Å². The average Bonchev–Trinajstić information content (AvgIpc) is 1.41. The minimum atomic E-state index is 0. The molecular formula is ClN3NbO. The molecule has 0 aromatic heterocycles. The summed E-state index contributed by atoms with van der Waals surface area (Å²) in [6, 6.07) is 0.